The monoisotopic (exact) mass is 1210 g/mol. The number of unbranched alkanes of at least 4 members (excludes halogenated alkanes) is 46. The lowest BCUT2D eigenvalue weighted by atomic mass is 10.0. The van der Waals surface area contributed by atoms with Gasteiger partial charge in [0.05, 0.1) is 39.9 Å². The first-order valence-electron chi connectivity index (χ1n) is 37.1. The van der Waals surface area contributed by atoms with E-state index in [0.717, 1.165) is 70.6 Å². The van der Waals surface area contributed by atoms with Crippen molar-refractivity contribution in [2.75, 3.05) is 40.9 Å². The lowest BCUT2D eigenvalue weighted by Crippen LogP contribution is -2.46. The molecule has 0 radical (unpaired) electrons. The van der Waals surface area contributed by atoms with Gasteiger partial charge in [0.15, 0.2) is 0 Å². The zero-order valence-electron chi connectivity index (χ0n) is 57.3. The standard InChI is InChI=1S/C76H145N2O6P/c1-6-8-10-12-14-16-18-20-22-24-26-28-30-32-34-36-38-39-40-42-44-46-48-50-52-54-56-58-60-62-64-66-68-70-76(80)77-74(73-84-85(81,82)83-72-71-78(3,4)5)75(79)69-67-65-63-61-59-57-55-53-51-49-47-45-43-41-37-35-33-31-29-27-25-23-21-19-17-15-13-11-9-7-2/h8,10,14,16,20,22,26,28,32,34,74-75,79H,6-7,9,11-13,15,17-19,21,23-25,27,29-31,33,35-73H2,1-5H3,(H-,77,80,81,82)/b10-8-,16-14-,22-20-,28-26-,34-32-. The molecule has 0 fully saturated rings. The maximum Gasteiger partial charge on any atom is 0.268 e. The highest BCUT2D eigenvalue weighted by molar-refractivity contribution is 7.45. The van der Waals surface area contributed by atoms with Gasteiger partial charge in [-0.3, -0.25) is 9.36 Å². The topological polar surface area (TPSA) is 108 Å². The molecule has 0 heterocycles. The average molecular weight is 1210 g/mol. The predicted octanol–water partition coefficient (Wildman–Crippen LogP) is 23.3. The van der Waals surface area contributed by atoms with Crippen molar-refractivity contribution < 1.29 is 32.9 Å². The van der Waals surface area contributed by atoms with Crippen molar-refractivity contribution in [2.24, 2.45) is 0 Å². The third-order valence-electron chi connectivity index (χ3n) is 17.0. The molecule has 3 unspecified atom stereocenters. The fourth-order valence-electron chi connectivity index (χ4n) is 11.3. The zero-order chi connectivity index (χ0) is 61.9. The van der Waals surface area contributed by atoms with E-state index in [1.165, 1.54) is 270 Å². The second-order valence-corrected chi connectivity index (χ2v) is 28.0. The van der Waals surface area contributed by atoms with Gasteiger partial charge in [-0.05, 0) is 57.8 Å². The van der Waals surface area contributed by atoms with Crippen molar-refractivity contribution in [1.82, 2.24) is 5.32 Å². The van der Waals surface area contributed by atoms with Crippen LogP contribution in [0.4, 0.5) is 0 Å². The van der Waals surface area contributed by atoms with E-state index < -0.39 is 20.0 Å². The lowest BCUT2D eigenvalue weighted by Gasteiger charge is -2.30. The summed E-state index contributed by atoms with van der Waals surface area (Å²) in [6.45, 7) is 4.66. The molecular weight excluding hydrogens is 1070 g/mol. The van der Waals surface area contributed by atoms with Gasteiger partial charge in [-0.1, -0.05) is 364 Å². The number of hydrogen-bond acceptors (Lipinski definition) is 6. The SMILES string of the molecule is CC/C=C\C/C=C\C/C=C\C/C=C\C/C=C\CCCCCCCCCCCCCCCCCCCC(=O)NC(COP(=O)([O-])OCC[N+](C)(C)C)C(O)CCCCCCCCCCCCCCCCCCCCCCCCCCCCCCCC. The number of phosphoric acid groups is 1. The minimum absolute atomic E-state index is 0.0127. The van der Waals surface area contributed by atoms with Gasteiger partial charge >= 0.3 is 0 Å². The Hall–Kier alpha value is -1.80. The number of likely N-dealkylation sites (N-methyl/N-ethyl adjacent to an activating group) is 1. The van der Waals surface area contributed by atoms with Gasteiger partial charge in [-0.2, -0.15) is 0 Å². The first-order chi connectivity index (χ1) is 41.5. The van der Waals surface area contributed by atoms with Crippen molar-refractivity contribution in [3.63, 3.8) is 0 Å². The van der Waals surface area contributed by atoms with E-state index in [4.69, 9.17) is 9.05 Å². The van der Waals surface area contributed by atoms with Gasteiger partial charge in [-0.15, -0.1) is 0 Å². The van der Waals surface area contributed by atoms with Crippen LogP contribution >= 0.6 is 7.82 Å². The van der Waals surface area contributed by atoms with Crippen molar-refractivity contribution in [3.05, 3.63) is 60.8 Å². The molecular formula is C76H145N2O6P. The summed E-state index contributed by atoms with van der Waals surface area (Å²) in [6.07, 6.45) is 91.7. The number of nitrogens with one attached hydrogen (secondary N) is 1. The van der Waals surface area contributed by atoms with Crippen LogP contribution in [0.5, 0.6) is 0 Å². The van der Waals surface area contributed by atoms with Crippen molar-refractivity contribution in [1.29, 1.82) is 0 Å². The maximum atomic E-state index is 13.1. The Balaban J connectivity index is 3.98. The van der Waals surface area contributed by atoms with Crippen LogP contribution in [0.15, 0.2) is 60.8 Å². The molecule has 0 bridgehead atoms. The number of quaternary nitrogens is 1. The average Bonchev–Trinajstić information content (AvgIpc) is 3.49. The number of aliphatic hydroxyl groups is 1. The maximum absolute atomic E-state index is 13.1. The molecule has 0 aliphatic heterocycles. The van der Waals surface area contributed by atoms with Crippen LogP contribution in [0, 0.1) is 0 Å². The Bertz CT molecular complexity index is 1570. The molecule has 0 aromatic rings. The summed E-state index contributed by atoms with van der Waals surface area (Å²) in [5.41, 5.74) is 0. The Kier molecular flexibility index (Phi) is 65.2. The Morgan fingerprint density at radius 2 is 0.718 bits per heavy atom. The highest BCUT2D eigenvalue weighted by Gasteiger charge is 2.24. The number of carbonyl (C=O) groups is 1. The molecule has 500 valence electrons. The summed E-state index contributed by atoms with van der Waals surface area (Å²) in [5, 5.41) is 14.1. The first kappa shape index (κ1) is 83.2. The summed E-state index contributed by atoms with van der Waals surface area (Å²) < 4.78 is 23.6. The Morgan fingerprint density at radius 1 is 0.424 bits per heavy atom. The largest absolute Gasteiger partial charge is 0.756 e. The van der Waals surface area contributed by atoms with Gasteiger partial charge in [0.25, 0.3) is 7.82 Å². The number of rotatable bonds is 69. The second-order valence-electron chi connectivity index (χ2n) is 26.6. The quantitative estimate of drug-likeness (QED) is 0.0272. The van der Waals surface area contributed by atoms with Gasteiger partial charge in [0.1, 0.15) is 13.2 Å². The molecule has 0 rings (SSSR count). The number of aliphatic hydroxyl groups excluding tert-OH is 1. The molecule has 0 aliphatic carbocycles. The van der Waals surface area contributed by atoms with E-state index >= 15 is 0 Å². The van der Waals surface area contributed by atoms with Gasteiger partial charge in [0, 0.05) is 6.42 Å². The van der Waals surface area contributed by atoms with Gasteiger partial charge in [0.2, 0.25) is 5.91 Å². The van der Waals surface area contributed by atoms with Crippen LogP contribution in [-0.2, 0) is 18.4 Å². The van der Waals surface area contributed by atoms with Gasteiger partial charge in [-0.25, -0.2) is 0 Å². The van der Waals surface area contributed by atoms with Gasteiger partial charge < -0.3 is 28.8 Å². The summed E-state index contributed by atoms with van der Waals surface area (Å²) >= 11 is 0. The van der Waals surface area contributed by atoms with E-state index in [2.05, 4.69) is 79.9 Å². The zero-order valence-corrected chi connectivity index (χ0v) is 58.2. The van der Waals surface area contributed by atoms with Crippen LogP contribution < -0.4 is 10.2 Å². The third-order valence-corrected chi connectivity index (χ3v) is 18.0. The molecule has 0 saturated carbocycles. The summed E-state index contributed by atoms with van der Waals surface area (Å²) in [7, 11) is 1.32. The third kappa shape index (κ3) is 69.5. The smallest absolute Gasteiger partial charge is 0.268 e. The Morgan fingerprint density at radius 3 is 1.05 bits per heavy atom. The molecule has 9 heteroatoms. The van der Waals surface area contributed by atoms with Crippen LogP contribution in [0.3, 0.4) is 0 Å². The molecule has 3 atom stereocenters. The highest BCUT2D eigenvalue weighted by Crippen LogP contribution is 2.38. The molecule has 2 N–H and O–H groups in total. The minimum Gasteiger partial charge on any atom is -0.756 e. The minimum atomic E-state index is -4.58. The van der Waals surface area contributed by atoms with E-state index in [1.54, 1.807) is 0 Å². The molecule has 0 saturated heterocycles. The van der Waals surface area contributed by atoms with E-state index in [9.17, 15) is 19.4 Å². The van der Waals surface area contributed by atoms with E-state index in [-0.39, 0.29) is 19.1 Å². The van der Waals surface area contributed by atoms with Crippen molar-refractivity contribution in [2.45, 2.75) is 379 Å². The predicted molar refractivity (Wildman–Crippen MR) is 371 cm³/mol. The fourth-order valence-corrected chi connectivity index (χ4v) is 12.0. The molecule has 0 aromatic heterocycles. The number of carbonyl (C=O) groups excluding carboxylic acids is 1. The number of phosphoric ester groups is 1. The summed E-state index contributed by atoms with van der Waals surface area (Å²) in [4.78, 5) is 25.7. The first-order valence-corrected chi connectivity index (χ1v) is 38.6. The van der Waals surface area contributed by atoms with E-state index in [0.29, 0.717) is 23.9 Å². The number of allylic oxidation sites excluding steroid dienone is 10. The molecule has 0 spiro atoms. The number of hydrogen-bond donors (Lipinski definition) is 2. The van der Waals surface area contributed by atoms with Crippen LogP contribution in [0.2, 0.25) is 0 Å². The fraction of sp³-hybridized carbons (Fsp3) is 0.855. The second kappa shape index (κ2) is 66.6. The van der Waals surface area contributed by atoms with Crippen LogP contribution in [0.25, 0.3) is 0 Å². The lowest BCUT2D eigenvalue weighted by molar-refractivity contribution is -0.870. The number of amides is 1. The summed E-state index contributed by atoms with van der Waals surface area (Å²) in [5.74, 6) is -0.159. The Labute approximate surface area is 530 Å². The normalized spacial score (nSPS) is 13.9. The molecule has 0 aliphatic rings. The molecule has 85 heavy (non-hydrogen) atoms. The van der Waals surface area contributed by atoms with Crippen LogP contribution in [0.1, 0.15) is 367 Å². The molecule has 1 amide bonds. The summed E-state index contributed by atoms with van der Waals surface area (Å²) in [6, 6.07) is -0.804. The van der Waals surface area contributed by atoms with E-state index in [1.807, 2.05) is 21.1 Å². The number of nitrogens with zero attached hydrogens (tertiary/aromatic N) is 1. The van der Waals surface area contributed by atoms with Crippen molar-refractivity contribution in [3.8, 4) is 0 Å². The molecule has 0 aromatic carbocycles. The molecule has 8 nitrogen and oxygen atoms in total. The van der Waals surface area contributed by atoms with Crippen LogP contribution in [-0.4, -0.2) is 68.5 Å². The van der Waals surface area contributed by atoms with Crippen molar-refractivity contribution >= 4 is 13.7 Å². The highest BCUT2D eigenvalue weighted by atomic mass is 31.2.